The number of hydrogen-bond donors (Lipinski definition) is 2. The van der Waals surface area contributed by atoms with Gasteiger partial charge in [0.25, 0.3) is 0 Å². The molecule has 0 spiro atoms. The zero-order chi connectivity index (χ0) is 20.8. The maximum Gasteiger partial charge on any atom is 0.317 e. The predicted octanol–water partition coefficient (Wildman–Crippen LogP) is 5.52. The number of carboxylic acids is 1. The van der Waals surface area contributed by atoms with Crippen molar-refractivity contribution < 1.29 is 9.90 Å². The molecular weight excluding hydrogens is 360 g/mol. The van der Waals surface area contributed by atoms with E-state index in [1.165, 1.54) is 77.0 Å². The first kappa shape index (κ1) is 23.1. The lowest BCUT2D eigenvalue weighted by Gasteiger charge is -2.52. The van der Waals surface area contributed by atoms with Crippen LogP contribution in [0.5, 0.6) is 0 Å². The van der Waals surface area contributed by atoms with Crippen LogP contribution in [0.2, 0.25) is 0 Å². The second-order valence-electron chi connectivity index (χ2n) is 10.7. The molecule has 0 bridgehead atoms. The molecule has 1 aliphatic heterocycles. The molecule has 5 atom stereocenters. The maximum absolute atomic E-state index is 11.3. The Morgan fingerprint density at radius 2 is 1.76 bits per heavy atom. The Morgan fingerprint density at radius 1 is 1.00 bits per heavy atom. The minimum Gasteiger partial charge on any atom is -0.480 e. The number of aliphatic carboxylic acids is 1. The number of rotatable bonds is 9. The summed E-state index contributed by atoms with van der Waals surface area (Å²) in [5, 5.41) is 13.2. The van der Waals surface area contributed by atoms with Crippen molar-refractivity contribution in [3.05, 3.63) is 0 Å². The van der Waals surface area contributed by atoms with Gasteiger partial charge < -0.3 is 5.11 Å². The third-order valence-electron chi connectivity index (χ3n) is 8.51. The van der Waals surface area contributed by atoms with Gasteiger partial charge in [-0.1, -0.05) is 58.8 Å². The molecule has 5 unspecified atom stereocenters. The van der Waals surface area contributed by atoms with Gasteiger partial charge in [-0.15, -0.1) is 0 Å². The van der Waals surface area contributed by atoms with Gasteiger partial charge in [0.1, 0.15) is 0 Å². The number of fused-ring (bicyclic) bond motifs is 1. The Balaban J connectivity index is 1.65. The molecule has 2 saturated carbocycles. The molecule has 168 valence electrons. The number of likely N-dealkylation sites (N-methyl/N-ethyl adjacent to an activating group) is 1. The van der Waals surface area contributed by atoms with Crippen LogP contribution in [-0.2, 0) is 4.79 Å². The van der Waals surface area contributed by atoms with Crippen LogP contribution in [0.4, 0.5) is 0 Å². The summed E-state index contributed by atoms with van der Waals surface area (Å²) >= 11 is 0. The molecule has 0 aromatic carbocycles. The van der Waals surface area contributed by atoms with Crippen molar-refractivity contribution in [1.82, 2.24) is 10.2 Å². The maximum atomic E-state index is 11.3. The molecule has 3 fully saturated rings. The Labute approximate surface area is 179 Å². The van der Waals surface area contributed by atoms with Crippen molar-refractivity contribution in [2.24, 2.45) is 29.6 Å². The summed E-state index contributed by atoms with van der Waals surface area (Å²) in [5.74, 6) is 3.57. The lowest BCUT2D eigenvalue weighted by atomic mass is 9.61. The highest BCUT2D eigenvalue weighted by molar-refractivity contribution is 5.69. The number of nitrogens with zero attached hydrogens (tertiary/aromatic N) is 1. The fourth-order valence-corrected chi connectivity index (χ4v) is 6.73. The van der Waals surface area contributed by atoms with Crippen LogP contribution in [0.15, 0.2) is 0 Å². The molecule has 4 nitrogen and oxygen atoms in total. The van der Waals surface area contributed by atoms with Crippen LogP contribution in [-0.4, -0.2) is 41.8 Å². The quantitative estimate of drug-likeness (QED) is 0.495. The molecule has 0 amide bonds. The summed E-state index contributed by atoms with van der Waals surface area (Å²) < 4.78 is 0. The van der Waals surface area contributed by atoms with Gasteiger partial charge in [0.05, 0.1) is 12.7 Å². The highest BCUT2D eigenvalue weighted by atomic mass is 16.4. The Kier molecular flexibility index (Phi) is 8.85. The van der Waals surface area contributed by atoms with Crippen LogP contribution in [0, 0.1) is 29.6 Å². The van der Waals surface area contributed by atoms with Crippen molar-refractivity contribution in [3.63, 3.8) is 0 Å². The van der Waals surface area contributed by atoms with E-state index >= 15 is 0 Å². The zero-order valence-electron chi connectivity index (χ0n) is 19.2. The van der Waals surface area contributed by atoms with Gasteiger partial charge in [-0.25, -0.2) is 0 Å². The second-order valence-corrected chi connectivity index (χ2v) is 10.7. The Bertz CT molecular complexity index is 503. The van der Waals surface area contributed by atoms with Crippen LogP contribution < -0.4 is 5.32 Å². The third-order valence-corrected chi connectivity index (χ3v) is 8.51. The van der Waals surface area contributed by atoms with Crippen molar-refractivity contribution >= 4 is 5.97 Å². The van der Waals surface area contributed by atoms with Gasteiger partial charge in [0.2, 0.25) is 0 Å². The van der Waals surface area contributed by atoms with Crippen LogP contribution in [0.1, 0.15) is 97.3 Å². The smallest absolute Gasteiger partial charge is 0.317 e. The minimum atomic E-state index is -0.713. The van der Waals surface area contributed by atoms with Gasteiger partial charge in [-0.05, 0) is 75.2 Å². The summed E-state index contributed by atoms with van der Waals surface area (Å²) in [5.41, 5.74) is 0. The fraction of sp³-hybridized carbons (Fsp3) is 0.960. The summed E-state index contributed by atoms with van der Waals surface area (Å²) in [6.45, 7) is 4.85. The standard InChI is InChI=1S/C25H46N2O2/c1-4-5-6-7-8-19-11-14-23-22(15-19)21(20-12-9-18(2)10-13-20)16-24(26-23)27(3)17-25(28)29/h18-24,26H,4-17H2,1-3H3,(H,28,29). The first-order valence-electron chi connectivity index (χ1n) is 12.7. The molecule has 2 aliphatic carbocycles. The van der Waals surface area contributed by atoms with Crippen LogP contribution in [0.25, 0.3) is 0 Å². The molecule has 4 heteroatoms. The largest absolute Gasteiger partial charge is 0.480 e. The molecule has 0 aromatic rings. The Morgan fingerprint density at radius 3 is 2.45 bits per heavy atom. The summed E-state index contributed by atoms with van der Waals surface area (Å²) in [7, 11) is 1.99. The second kappa shape index (κ2) is 11.1. The third kappa shape index (κ3) is 6.43. The van der Waals surface area contributed by atoms with Gasteiger partial charge in [0.15, 0.2) is 0 Å². The monoisotopic (exact) mass is 406 g/mol. The summed E-state index contributed by atoms with van der Waals surface area (Å²) in [6, 6.07) is 0.598. The Hall–Kier alpha value is -0.610. The van der Waals surface area contributed by atoms with E-state index in [4.69, 9.17) is 0 Å². The van der Waals surface area contributed by atoms with E-state index in [-0.39, 0.29) is 12.7 Å². The van der Waals surface area contributed by atoms with E-state index in [9.17, 15) is 9.90 Å². The number of piperidine rings is 1. The SMILES string of the molecule is CCCCCCC1CCC2NC(N(C)CC(=O)O)CC(C3CCC(C)CC3)C2C1. The molecule has 3 rings (SSSR count). The summed E-state index contributed by atoms with van der Waals surface area (Å²) in [4.78, 5) is 13.3. The lowest BCUT2D eigenvalue weighted by Crippen LogP contribution is -2.60. The predicted molar refractivity (Wildman–Crippen MR) is 120 cm³/mol. The highest BCUT2D eigenvalue weighted by Gasteiger charge is 2.45. The van der Waals surface area contributed by atoms with Crippen LogP contribution >= 0.6 is 0 Å². The number of nitrogens with one attached hydrogen (secondary N) is 1. The zero-order valence-corrected chi connectivity index (χ0v) is 19.2. The van der Waals surface area contributed by atoms with Crippen LogP contribution in [0.3, 0.4) is 0 Å². The number of carbonyl (C=O) groups is 1. The highest BCUT2D eigenvalue weighted by Crippen LogP contribution is 2.47. The van der Waals surface area contributed by atoms with Crippen molar-refractivity contribution in [2.45, 2.75) is 110 Å². The van der Waals surface area contributed by atoms with E-state index in [2.05, 4.69) is 19.2 Å². The molecule has 1 heterocycles. The molecule has 1 saturated heterocycles. The molecule has 3 aliphatic rings. The minimum absolute atomic E-state index is 0.142. The van der Waals surface area contributed by atoms with E-state index in [1.807, 2.05) is 11.9 Å². The first-order valence-corrected chi connectivity index (χ1v) is 12.7. The number of hydrogen-bond acceptors (Lipinski definition) is 3. The topological polar surface area (TPSA) is 52.6 Å². The van der Waals surface area contributed by atoms with E-state index in [0.717, 1.165) is 36.0 Å². The lowest BCUT2D eigenvalue weighted by molar-refractivity contribution is -0.139. The van der Waals surface area contributed by atoms with Crippen molar-refractivity contribution in [2.75, 3.05) is 13.6 Å². The number of unbranched alkanes of at least 4 members (excludes halogenated alkanes) is 3. The molecule has 2 N–H and O–H groups in total. The molecule has 0 radical (unpaired) electrons. The fourth-order valence-electron chi connectivity index (χ4n) is 6.73. The normalized spacial score (nSPS) is 38.0. The van der Waals surface area contributed by atoms with Gasteiger partial charge in [-0.3, -0.25) is 15.0 Å². The average molecular weight is 407 g/mol. The van der Waals surface area contributed by atoms with E-state index < -0.39 is 5.97 Å². The van der Waals surface area contributed by atoms with E-state index in [0.29, 0.717) is 6.04 Å². The van der Waals surface area contributed by atoms with Gasteiger partial charge in [-0.2, -0.15) is 0 Å². The van der Waals surface area contributed by atoms with Gasteiger partial charge in [0, 0.05) is 6.04 Å². The first-order chi connectivity index (χ1) is 14.0. The summed E-state index contributed by atoms with van der Waals surface area (Å²) in [6.07, 6.45) is 18.0. The van der Waals surface area contributed by atoms with Crippen molar-refractivity contribution in [1.29, 1.82) is 0 Å². The van der Waals surface area contributed by atoms with Crippen molar-refractivity contribution in [3.8, 4) is 0 Å². The van der Waals surface area contributed by atoms with Gasteiger partial charge >= 0.3 is 5.97 Å². The molecule has 0 aromatic heterocycles. The molecular formula is C25H46N2O2. The number of carboxylic acid groups (broad SMARTS) is 1. The average Bonchev–Trinajstić information content (AvgIpc) is 2.70. The molecule has 29 heavy (non-hydrogen) atoms. The van der Waals surface area contributed by atoms with E-state index in [1.54, 1.807) is 0 Å².